The second-order valence-electron chi connectivity index (χ2n) is 10.0. The lowest BCUT2D eigenvalue weighted by atomic mass is 9.94. The van der Waals surface area contributed by atoms with Crippen LogP contribution in [0.5, 0.6) is 0 Å². The van der Waals surface area contributed by atoms with Crippen molar-refractivity contribution in [3.05, 3.63) is 127 Å². The third-order valence-corrected chi connectivity index (χ3v) is 8.70. The summed E-state index contributed by atoms with van der Waals surface area (Å²) in [5.74, 6) is 0. The Bertz CT molecular complexity index is 2190. The number of aromatic nitrogens is 1. The van der Waals surface area contributed by atoms with Gasteiger partial charge in [0.25, 0.3) is 0 Å². The normalized spacial score (nSPS) is 11.7. The zero-order valence-corrected chi connectivity index (χ0v) is 22.1. The van der Waals surface area contributed by atoms with Gasteiger partial charge in [0.1, 0.15) is 16.2 Å². The lowest BCUT2D eigenvalue weighted by molar-refractivity contribution is 0.670. The van der Waals surface area contributed by atoms with Crippen molar-refractivity contribution in [2.45, 2.75) is 6.92 Å². The maximum Gasteiger partial charge on any atom is 0.143 e. The molecule has 0 fully saturated rings. The molecule has 0 saturated carbocycles. The van der Waals surface area contributed by atoms with Gasteiger partial charge in [0.2, 0.25) is 0 Å². The Balaban J connectivity index is 1.47. The van der Waals surface area contributed by atoms with Crippen LogP contribution in [-0.2, 0) is 0 Å². The lowest BCUT2D eigenvalue weighted by Gasteiger charge is -2.11. The van der Waals surface area contributed by atoms with Gasteiger partial charge in [-0.1, -0.05) is 103 Å². The number of hydrogen-bond donors (Lipinski definition) is 0. The first-order valence-corrected chi connectivity index (χ1v) is 14.0. The van der Waals surface area contributed by atoms with Gasteiger partial charge in [-0.05, 0) is 52.6 Å². The van der Waals surface area contributed by atoms with Gasteiger partial charge >= 0.3 is 0 Å². The monoisotopic (exact) mass is 517 g/mol. The summed E-state index contributed by atoms with van der Waals surface area (Å²) in [5.41, 5.74) is 9.79. The first-order valence-electron chi connectivity index (χ1n) is 13.1. The van der Waals surface area contributed by atoms with Gasteiger partial charge in [-0.3, -0.25) is 0 Å². The molecule has 2 nitrogen and oxygen atoms in total. The van der Waals surface area contributed by atoms with E-state index in [1.807, 2.05) is 12.1 Å². The SMILES string of the molecule is Cc1ccccc1-c1nc2c(-c3cccc4c3oc3ccccc34)cc(-c3cccc4ccccc34)cc2s1. The molecule has 0 spiro atoms. The zero-order valence-electron chi connectivity index (χ0n) is 21.3. The number of rotatable bonds is 3. The zero-order chi connectivity index (χ0) is 25.9. The fourth-order valence-corrected chi connectivity index (χ4v) is 6.88. The summed E-state index contributed by atoms with van der Waals surface area (Å²) in [6, 6.07) is 42.9. The number of para-hydroxylation sites is 2. The molecule has 0 aliphatic carbocycles. The highest BCUT2D eigenvalue weighted by Crippen LogP contribution is 2.44. The van der Waals surface area contributed by atoms with Crippen molar-refractivity contribution in [2.24, 2.45) is 0 Å². The maximum absolute atomic E-state index is 6.49. The van der Waals surface area contributed by atoms with Gasteiger partial charge in [-0.15, -0.1) is 11.3 Å². The van der Waals surface area contributed by atoms with Crippen molar-refractivity contribution >= 4 is 54.3 Å². The Morgan fingerprint density at radius 2 is 1.28 bits per heavy atom. The summed E-state index contributed by atoms with van der Waals surface area (Å²) in [6.45, 7) is 2.15. The van der Waals surface area contributed by atoms with Crippen molar-refractivity contribution in [2.75, 3.05) is 0 Å². The number of thiazole rings is 1. The minimum absolute atomic E-state index is 0.903. The molecule has 0 aliphatic heterocycles. The van der Waals surface area contributed by atoms with Crippen LogP contribution in [0.1, 0.15) is 5.56 Å². The summed E-state index contributed by atoms with van der Waals surface area (Å²) < 4.78 is 7.66. The molecule has 0 radical (unpaired) electrons. The topological polar surface area (TPSA) is 26.0 Å². The third-order valence-electron chi connectivity index (χ3n) is 7.67. The Kier molecular flexibility index (Phi) is 4.94. The van der Waals surface area contributed by atoms with Crippen LogP contribution in [0.4, 0.5) is 0 Å². The molecule has 2 aromatic heterocycles. The number of furan rings is 1. The molecule has 0 saturated heterocycles. The van der Waals surface area contributed by atoms with Crippen LogP contribution < -0.4 is 0 Å². The molecule has 0 unspecified atom stereocenters. The molecule has 8 aromatic rings. The van der Waals surface area contributed by atoms with Crippen molar-refractivity contribution in [1.29, 1.82) is 0 Å². The van der Waals surface area contributed by atoms with Gasteiger partial charge in [0.05, 0.1) is 10.2 Å². The second-order valence-corrected chi connectivity index (χ2v) is 11.0. The molecule has 39 heavy (non-hydrogen) atoms. The van der Waals surface area contributed by atoms with E-state index in [4.69, 9.17) is 9.40 Å². The molecule has 0 aliphatic rings. The first kappa shape index (κ1) is 22.3. The van der Waals surface area contributed by atoms with Gasteiger partial charge in [0, 0.05) is 27.5 Å². The molecule has 0 N–H and O–H groups in total. The number of aryl methyl sites for hydroxylation is 1. The molecule has 8 rings (SSSR count). The lowest BCUT2D eigenvalue weighted by Crippen LogP contribution is -1.87. The van der Waals surface area contributed by atoms with Crippen LogP contribution in [0.15, 0.2) is 126 Å². The van der Waals surface area contributed by atoms with E-state index < -0.39 is 0 Å². The average Bonchev–Trinajstić information content (AvgIpc) is 3.58. The third kappa shape index (κ3) is 3.51. The smallest absolute Gasteiger partial charge is 0.143 e. The van der Waals surface area contributed by atoms with Crippen LogP contribution in [-0.4, -0.2) is 4.98 Å². The van der Waals surface area contributed by atoms with Crippen molar-refractivity contribution in [1.82, 2.24) is 4.98 Å². The standard InChI is InChI=1S/C36H23NOS/c1-22-10-2-4-13-25(22)36-37-34-31(30-18-9-17-29-28-15-6-7-19-32(28)38-35(29)30)20-24(21-33(34)39-36)27-16-8-12-23-11-3-5-14-26(23)27/h2-21H,1H3. The largest absolute Gasteiger partial charge is 0.455 e. The maximum atomic E-state index is 6.49. The summed E-state index contributed by atoms with van der Waals surface area (Å²) >= 11 is 1.76. The van der Waals surface area contributed by atoms with Gasteiger partial charge in [0.15, 0.2) is 0 Å². The highest BCUT2D eigenvalue weighted by atomic mass is 32.1. The van der Waals surface area contributed by atoms with E-state index in [1.54, 1.807) is 11.3 Å². The fraction of sp³-hybridized carbons (Fsp3) is 0.0278. The summed E-state index contributed by atoms with van der Waals surface area (Å²) in [4.78, 5) is 5.25. The van der Waals surface area contributed by atoms with E-state index in [0.29, 0.717) is 0 Å². The van der Waals surface area contributed by atoms with E-state index in [0.717, 1.165) is 43.6 Å². The predicted octanol–water partition coefficient (Wildman–Crippen LogP) is 10.7. The van der Waals surface area contributed by atoms with E-state index in [9.17, 15) is 0 Å². The molecule has 0 atom stereocenters. The van der Waals surface area contributed by atoms with E-state index in [1.165, 1.54) is 37.7 Å². The Morgan fingerprint density at radius 3 is 2.21 bits per heavy atom. The van der Waals surface area contributed by atoms with Crippen LogP contribution in [0.25, 0.3) is 75.8 Å². The highest BCUT2D eigenvalue weighted by molar-refractivity contribution is 7.21. The van der Waals surface area contributed by atoms with E-state index >= 15 is 0 Å². The highest BCUT2D eigenvalue weighted by Gasteiger charge is 2.19. The molecule has 2 heterocycles. The molecule has 6 aromatic carbocycles. The minimum atomic E-state index is 0.903. The number of fused-ring (bicyclic) bond motifs is 5. The van der Waals surface area contributed by atoms with E-state index in [-0.39, 0.29) is 0 Å². The summed E-state index contributed by atoms with van der Waals surface area (Å²) in [6.07, 6.45) is 0. The number of hydrogen-bond acceptors (Lipinski definition) is 3. The van der Waals surface area contributed by atoms with E-state index in [2.05, 4.69) is 116 Å². The minimum Gasteiger partial charge on any atom is -0.455 e. The number of nitrogens with zero attached hydrogens (tertiary/aromatic N) is 1. The van der Waals surface area contributed by atoms with Crippen molar-refractivity contribution < 1.29 is 4.42 Å². The first-order chi connectivity index (χ1) is 19.2. The molecule has 3 heteroatoms. The average molecular weight is 518 g/mol. The molecular weight excluding hydrogens is 494 g/mol. The fourth-order valence-electron chi connectivity index (χ4n) is 5.75. The Labute approximate surface area is 229 Å². The van der Waals surface area contributed by atoms with Crippen LogP contribution >= 0.6 is 11.3 Å². The summed E-state index contributed by atoms with van der Waals surface area (Å²) in [5, 5.41) is 5.78. The molecule has 0 bridgehead atoms. The molecular formula is C36H23NOS. The predicted molar refractivity (Wildman–Crippen MR) is 165 cm³/mol. The van der Waals surface area contributed by atoms with Crippen LogP contribution in [0.2, 0.25) is 0 Å². The Morgan fingerprint density at radius 1 is 0.590 bits per heavy atom. The quantitative estimate of drug-likeness (QED) is 0.233. The van der Waals surface area contributed by atoms with Gasteiger partial charge < -0.3 is 4.42 Å². The van der Waals surface area contributed by atoms with Crippen LogP contribution in [0, 0.1) is 6.92 Å². The number of benzene rings is 6. The Hall–Kier alpha value is -4.73. The molecule has 0 amide bonds. The molecule has 184 valence electrons. The second kappa shape index (κ2) is 8.65. The van der Waals surface area contributed by atoms with Gasteiger partial charge in [-0.25, -0.2) is 4.98 Å². The summed E-state index contributed by atoms with van der Waals surface area (Å²) in [7, 11) is 0. The van der Waals surface area contributed by atoms with Crippen molar-refractivity contribution in [3.8, 4) is 32.8 Å². The van der Waals surface area contributed by atoms with Gasteiger partial charge in [-0.2, -0.15) is 0 Å². The van der Waals surface area contributed by atoms with Crippen LogP contribution in [0.3, 0.4) is 0 Å². The van der Waals surface area contributed by atoms with Crippen molar-refractivity contribution in [3.63, 3.8) is 0 Å².